The molecular formula is C15H22N4O3. The van der Waals surface area contributed by atoms with Crippen LogP contribution in [0.15, 0.2) is 0 Å². The maximum atomic E-state index is 12.9. The highest BCUT2D eigenvalue weighted by Crippen LogP contribution is 2.32. The van der Waals surface area contributed by atoms with Crippen LogP contribution in [0.25, 0.3) is 0 Å². The zero-order valence-corrected chi connectivity index (χ0v) is 13.3. The Balaban J connectivity index is 1.98. The van der Waals surface area contributed by atoms with Gasteiger partial charge in [0.2, 0.25) is 5.91 Å². The van der Waals surface area contributed by atoms with E-state index in [9.17, 15) is 9.59 Å². The van der Waals surface area contributed by atoms with Gasteiger partial charge < -0.3 is 15.0 Å². The van der Waals surface area contributed by atoms with Crippen molar-refractivity contribution in [2.45, 2.75) is 45.9 Å². The van der Waals surface area contributed by atoms with E-state index >= 15 is 0 Å². The summed E-state index contributed by atoms with van der Waals surface area (Å²) in [7, 11) is 0. The number of nitrogens with one attached hydrogen (secondary N) is 1. The van der Waals surface area contributed by atoms with E-state index in [1.165, 1.54) is 0 Å². The van der Waals surface area contributed by atoms with Gasteiger partial charge in [0.1, 0.15) is 5.69 Å². The lowest BCUT2D eigenvalue weighted by molar-refractivity contribution is -0.123. The Morgan fingerprint density at radius 2 is 2.23 bits per heavy atom. The van der Waals surface area contributed by atoms with Gasteiger partial charge in [0.05, 0.1) is 24.4 Å². The molecule has 1 saturated heterocycles. The molecule has 1 aromatic heterocycles. The molecule has 2 aliphatic rings. The number of carbonyl (C=O) groups excluding carboxylic acids is 2. The monoisotopic (exact) mass is 306 g/mol. The number of rotatable bonds is 2. The molecule has 7 nitrogen and oxygen atoms in total. The summed E-state index contributed by atoms with van der Waals surface area (Å²) in [5, 5.41) is 7.31. The molecule has 0 spiro atoms. The Kier molecular flexibility index (Phi) is 3.90. The molecule has 0 radical (unpaired) electrons. The fourth-order valence-electron chi connectivity index (χ4n) is 3.22. The Morgan fingerprint density at radius 1 is 1.45 bits per heavy atom. The van der Waals surface area contributed by atoms with E-state index in [1.807, 2.05) is 20.8 Å². The van der Waals surface area contributed by atoms with Crippen LogP contribution in [0, 0.1) is 0 Å². The summed E-state index contributed by atoms with van der Waals surface area (Å²) < 4.78 is 7.55. The first-order chi connectivity index (χ1) is 10.5. The van der Waals surface area contributed by atoms with Gasteiger partial charge in [-0.2, -0.15) is 5.10 Å². The van der Waals surface area contributed by atoms with Gasteiger partial charge in [-0.1, -0.05) is 0 Å². The molecule has 7 heteroatoms. The van der Waals surface area contributed by atoms with Crippen LogP contribution in [0.5, 0.6) is 0 Å². The molecule has 2 aliphatic heterocycles. The van der Waals surface area contributed by atoms with Crippen molar-refractivity contribution in [1.29, 1.82) is 0 Å². The van der Waals surface area contributed by atoms with Crippen molar-refractivity contribution in [2.75, 3.05) is 19.6 Å². The van der Waals surface area contributed by atoms with Gasteiger partial charge in [-0.05, 0) is 20.8 Å². The number of carbonyl (C=O) groups is 2. The number of hydrogen-bond acceptors (Lipinski definition) is 4. The molecule has 1 fully saturated rings. The van der Waals surface area contributed by atoms with Gasteiger partial charge in [0.15, 0.2) is 0 Å². The van der Waals surface area contributed by atoms with Crippen LogP contribution in [0.2, 0.25) is 0 Å². The van der Waals surface area contributed by atoms with Gasteiger partial charge in [-0.3, -0.25) is 14.3 Å². The molecule has 1 aromatic rings. The lowest BCUT2D eigenvalue weighted by Crippen LogP contribution is -2.50. The summed E-state index contributed by atoms with van der Waals surface area (Å²) in [5.41, 5.74) is 2.45. The first kappa shape index (κ1) is 15.0. The average molecular weight is 306 g/mol. The van der Waals surface area contributed by atoms with E-state index < -0.39 is 0 Å². The summed E-state index contributed by atoms with van der Waals surface area (Å²) in [6, 6.07) is 0. The molecular weight excluding hydrogens is 284 g/mol. The van der Waals surface area contributed by atoms with Crippen LogP contribution < -0.4 is 5.32 Å². The fraction of sp³-hybridized carbons (Fsp3) is 0.667. The molecule has 22 heavy (non-hydrogen) atoms. The van der Waals surface area contributed by atoms with E-state index in [0.717, 1.165) is 11.3 Å². The first-order valence-electron chi connectivity index (χ1n) is 7.82. The molecule has 3 heterocycles. The predicted molar refractivity (Wildman–Crippen MR) is 79.5 cm³/mol. The van der Waals surface area contributed by atoms with Crippen LogP contribution in [0.4, 0.5) is 0 Å². The minimum Gasteiger partial charge on any atom is -0.369 e. The second-order valence-corrected chi connectivity index (χ2v) is 5.90. The molecule has 0 aromatic carbocycles. The summed E-state index contributed by atoms with van der Waals surface area (Å²) in [6.45, 7) is 7.71. The maximum absolute atomic E-state index is 12.9. The van der Waals surface area contributed by atoms with Crippen LogP contribution in [0.1, 0.15) is 48.6 Å². The fourth-order valence-corrected chi connectivity index (χ4v) is 3.22. The molecule has 0 unspecified atom stereocenters. The van der Waals surface area contributed by atoms with Gasteiger partial charge in [0, 0.05) is 31.6 Å². The van der Waals surface area contributed by atoms with Gasteiger partial charge in [-0.15, -0.1) is 0 Å². The van der Waals surface area contributed by atoms with Crippen molar-refractivity contribution in [3.8, 4) is 0 Å². The smallest absolute Gasteiger partial charge is 0.272 e. The average Bonchev–Trinajstić information content (AvgIpc) is 2.85. The van der Waals surface area contributed by atoms with Crippen molar-refractivity contribution in [2.24, 2.45) is 0 Å². The van der Waals surface area contributed by atoms with Gasteiger partial charge in [-0.25, -0.2) is 0 Å². The Labute approximate surface area is 129 Å². The topological polar surface area (TPSA) is 76.5 Å². The van der Waals surface area contributed by atoms with Crippen LogP contribution in [0.3, 0.4) is 0 Å². The lowest BCUT2D eigenvalue weighted by atomic mass is 9.99. The van der Waals surface area contributed by atoms with E-state index in [4.69, 9.17) is 4.74 Å². The highest BCUT2D eigenvalue weighted by molar-refractivity contribution is 5.97. The van der Waals surface area contributed by atoms with Crippen LogP contribution >= 0.6 is 0 Å². The maximum Gasteiger partial charge on any atom is 0.272 e. The Hall–Kier alpha value is -1.89. The van der Waals surface area contributed by atoms with Gasteiger partial charge in [0.25, 0.3) is 5.91 Å². The number of piperazine rings is 1. The number of aromatic nitrogens is 2. The normalized spacial score (nSPS) is 24.9. The summed E-state index contributed by atoms with van der Waals surface area (Å²) in [6.07, 6.45) is 0.636. The zero-order valence-electron chi connectivity index (χ0n) is 13.3. The number of fused-ring (bicyclic) bond motifs is 1. The molecule has 1 N–H and O–H groups in total. The molecule has 120 valence electrons. The van der Waals surface area contributed by atoms with Crippen LogP contribution in [-0.4, -0.2) is 52.2 Å². The van der Waals surface area contributed by atoms with Crippen molar-refractivity contribution in [3.63, 3.8) is 0 Å². The second kappa shape index (κ2) is 5.72. The number of hydrogen-bond donors (Lipinski definition) is 1. The third-order valence-electron chi connectivity index (χ3n) is 4.22. The SMILES string of the molecule is CCn1nc2c(c1C(=O)N1CCNC(=O)C1)C[C@H](C)O[C@@H]2C. The number of ether oxygens (including phenoxy) is 1. The van der Waals surface area contributed by atoms with Crippen molar-refractivity contribution in [1.82, 2.24) is 20.0 Å². The third-order valence-corrected chi connectivity index (χ3v) is 4.22. The van der Waals surface area contributed by atoms with E-state index in [2.05, 4.69) is 10.4 Å². The standard InChI is InChI=1S/C15H22N4O3/c1-4-19-14(15(21)18-6-5-16-12(20)8-18)11-7-9(2)22-10(3)13(11)17-19/h9-10H,4-8H2,1-3H3,(H,16,20)/t9-,10+/m0/s1. The van der Waals surface area contributed by atoms with Crippen LogP contribution in [-0.2, 0) is 22.5 Å². The Bertz CT molecular complexity index is 610. The highest BCUT2D eigenvalue weighted by Gasteiger charge is 2.34. The van der Waals surface area contributed by atoms with E-state index in [0.29, 0.717) is 31.7 Å². The number of nitrogens with zero attached hydrogens (tertiary/aromatic N) is 3. The van der Waals surface area contributed by atoms with Crippen molar-refractivity contribution < 1.29 is 14.3 Å². The molecule has 2 atom stereocenters. The molecule has 2 amide bonds. The minimum atomic E-state index is -0.110. The number of aryl methyl sites for hydroxylation is 1. The lowest BCUT2D eigenvalue weighted by Gasteiger charge is -2.28. The summed E-state index contributed by atoms with van der Waals surface area (Å²) in [4.78, 5) is 26.1. The van der Waals surface area contributed by atoms with E-state index in [1.54, 1.807) is 9.58 Å². The molecule has 0 aliphatic carbocycles. The third kappa shape index (κ3) is 2.49. The minimum absolute atomic E-state index is 0.0632. The highest BCUT2D eigenvalue weighted by atomic mass is 16.5. The summed E-state index contributed by atoms with van der Waals surface area (Å²) >= 11 is 0. The second-order valence-electron chi connectivity index (χ2n) is 5.90. The molecule has 0 bridgehead atoms. The molecule has 0 saturated carbocycles. The number of amides is 2. The van der Waals surface area contributed by atoms with E-state index in [-0.39, 0.29) is 30.6 Å². The summed E-state index contributed by atoms with van der Waals surface area (Å²) in [5.74, 6) is -0.215. The quantitative estimate of drug-likeness (QED) is 0.863. The zero-order chi connectivity index (χ0) is 15.9. The van der Waals surface area contributed by atoms with Gasteiger partial charge >= 0.3 is 0 Å². The molecule has 3 rings (SSSR count). The largest absolute Gasteiger partial charge is 0.369 e. The van der Waals surface area contributed by atoms with Crippen molar-refractivity contribution >= 4 is 11.8 Å². The first-order valence-corrected chi connectivity index (χ1v) is 7.82. The Morgan fingerprint density at radius 3 is 2.91 bits per heavy atom. The van der Waals surface area contributed by atoms with Crippen molar-refractivity contribution in [3.05, 3.63) is 17.0 Å². The predicted octanol–water partition coefficient (Wildman–Crippen LogP) is 0.497.